The van der Waals surface area contributed by atoms with Crippen LogP contribution in [0.1, 0.15) is 38.5 Å². The highest BCUT2D eigenvalue weighted by Gasteiger charge is 2.38. The van der Waals surface area contributed by atoms with Crippen LogP contribution < -0.4 is 0 Å². The first-order valence-electron chi connectivity index (χ1n) is 6.32. The van der Waals surface area contributed by atoms with Crippen LogP contribution in [0.4, 0.5) is 0 Å². The van der Waals surface area contributed by atoms with Crippen LogP contribution in [0.25, 0.3) is 4.96 Å². The maximum atomic E-state index is 11.5. The van der Waals surface area contributed by atoms with Crippen molar-refractivity contribution < 1.29 is 9.90 Å². The number of carbonyl (C=O) groups is 1. The molecule has 7 heteroatoms. The average molecular weight is 282 g/mol. The summed E-state index contributed by atoms with van der Waals surface area (Å²) in [7, 11) is 0. The molecule has 0 bridgehead atoms. The van der Waals surface area contributed by atoms with Crippen LogP contribution in [-0.4, -0.2) is 30.9 Å². The van der Waals surface area contributed by atoms with E-state index < -0.39 is 11.4 Å². The molecule has 2 aromatic rings. The maximum Gasteiger partial charge on any atom is 0.310 e. The molecule has 0 fully saturated rings. The van der Waals surface area contributed by atoms with Crippen molar-refractivity contribution in [2.45, 2.75) is 40.5 Å². The lowest BCUT2D eigenvalue weighted by atomic mass is 9.76. The zero-order valence-electron chi connectivity index (χ0n) is 11.5. The Balaban J connectivity index is 2.34. The van der Waals surface area contributed by atoms with Crippen molar-refractivity contribution in [3.05, 3.63) is 10.8 Å². The van der Waals surface area contributed by atoms with Gasteiger partial charge < -0.3 is 5.11 Å². The van der Waals surface area contributed by atoms with E-state index in [0.717, 1.165) is 22.2 Å². The van der Waals surface area contributed by atoms with Gasteiger partial charge in [0.2, 0.25) is 4.96 Å². The first-order chi connectivity index (χ1) is 8.88. The molecule has 2 heterocycles. The fourth-order valence-corrected chi connectivity index (χ4v) is 2.85. The van der Waals surface area contributed by atoms with E-state index >= 15 is 0 Å². The topological polar surface area (TPSA) is 80.4 Å². The van der Waals surface area contributed by atoms with Crippen LogP contribution in [0.3, 0.4) is 0 Å². The highest BCUT2D eigenvalue weighted by molar-refractivity contribution is 7.16. The lowest BCUT2D eigenvalue weighted by molar-refractivity contribution is -0.150. The van der Waals surface area contributed by atoms with Crippen molar-refractivity contribution in [3.8, 4) is 0 Å². The van der Waals surface area contributed by atoms with Crippen molar-refractivity contribution in [3.63, 3.8) is 0 Å². The molecule has 0 radical (unpaired) electrons. The van der Waals surface area contributed by atoms with Gasteiger partial charge in [0.25, 0.3) is 0 Å². The summed E-state index contributed by atoms with van der Waals surface area (Å²) < 4.78 is 1.71. The van der Waals surface area contributed by atoms with Gasteiger partial charge in [-0.25, -0.2) is 0 Å². The molecule has 6 nitrogen and oxygen atoms in total. The van der Waals surface area contributed by atoms with Crippen LogP contribution in [0.2, 0.25) is 0 Å². The third-order valence-corrected chi connectivity index (χ3v) is 4.59. The number of hydrogen-bond acceptors (Lipinski definition) is 5. The van der Waals surface area contributed by atoms with Crippen molar-refractivity contribution in [2.24, 2.45) is 11.3 Å². The molecule has 2 rings (SSSR count). The molecule has 104 valence electrons. The SMILES string of the molecule is CCc1nnc2sc(CC(C)(C(=O)O)C(C)C)nn12. The monoisotopic (exact) mass is 282 g/mol. The van der Waals surface area contributed by atoms with Gasteiger partial charge in [0.15, 0.2) is 5.82 Å². The van der Waals surface area contributed by atoms with E-state index in [2.05, 4.69) is 15.3 Å². The molecule has 0 aliphatic rings. The summed E-state index contributed by atoms with van der Waals surface area (Å²) in [6, 6.07) is 0. The number of rotatable bonds is 5. The Morgan fingerprint density at radius 3 is 2.68 bits per heavy atom. The van der Waals surface area contributed by atoms with Gasteiger partial charge >= 0.3 is 5.97 Å². The summed E-state index contributed by atoms with van der Waals surface area (Å²) in [5.74, 6) is 0.0493. The lowest BCUT2D eigenvalue weighted by Gasteiger charge is -2.27. The second kappa shape index (κ2) is 4.88. The maximum absolute atomic E-state index is 11.5. The number of fused-ring (bicyclic) bond motifs is 1. The highest BCUT2D eigenvalue weighted by atomic mass is 32.1. The number of hydrogen-bond donors (Lipinski definition) is 1. The molecule has 0 amide bonds. The number of carboxylic acid groups (broad SMARTS) is 1. The van der Waals surface area contributed by atoms with Gasteiger partial charge in [0, 0.05) is 12.8 Å². The molecule has 1 N–H and O–H groups in total. The van der Waals surface area contributed by atoms with Gasteiger partial charge in [0.1, 0.15) is 5.01 Å². The second-order valence-electron chi connectivity index (χ2n) is 5.21. The number of nitrogens with zero attached hydrogens (tertiary/aromatic N) is 4. The van der Waals surface area contributed by atoms with Gasteiger partial charge in [-0.2, -0.15) is 9.61 Å². The Morgan fingerprint density at radius 1 is 1.47 bits per heavy atom. The third kappa shape index (κ3) is 2.34. The van der Waals surface area contributed by atoms with E-state index in [0.29, 0.717) is 6.42 Å². The molecule has 0 aliphatic carbocycles. The standard InChI is InChI=1S/C12H18N4O2S/c1-5-8-13-14-11-16(8)15-9(19-11)6-12(4,7(2)3)10(17)18/h7H,5-6H2,1-4H3,(H,17,18). The molecule has 0 spiro atoms. The van der Waals surface area contributed by atoms with E-state index in [1.165, 1.54) is 11.3 Å². The minimum atomic E-state index is -0.810. The van der Waals surface area contributed by atoms with Crippen LogP contribution in [0.5, 0.6) is 0 Å². The summed E-state index contributed by atoms with van der Waals surface area (Å²) >= 11 is 1.41. The van der Waals surface area contributed by atoms with Crippen molar-refractivity contribution >= 4 is 22.3 Å². The molecular formula is C12H18N4O2S. The minimum absolute atomic E-state index is 0.0324. The number of carboxylic acids is 1. The van der Waals surface area contributed by atoms with E-state index in [9.17, 15) is 9.90 Å². The summed E-state index contributed by atoms with van der Waals surface area (Å²) in [6.07, 6.45) is 1.17. The van der Waals surface area contributed by atoms with Gasteiger partial charge in [-0.1, -0.05) is 32.1 Å². The predicted molar refractivity (Wildman–Crippen MR) is 72.3 cm³/mol. The van der Waals surface area contributed by atoms with E-state index in [1.54, 1.807) is 11.4 Å². The van der Waals surface area contributed by atoms with Gasteiger partial charge in [-0.3, -0.25) is 4.79 Å². The minimum Gasteiger partial charge on any atom is -0.481 e. The molecule has 1 atom stereocenters. The van der Waals surface area contributed by atoms with Crippen molar-refractivity contribution in [1.82, 2.24) is 19.8 Å². The van der Waals surface area contributed by atoms with Gasteiger partial charge in [-0.15, -0.1) is 10.2 Å². The van der Waals surface area contributed by atoms with E-state index in [4.69, 9.17) is 0 Å². The first-order valence-corrected chi connectivity index (χ1v) is 7.13. The molecule has 1 unspecified atom stereocenters. The summed E-state index contributed by atoms with van der Waals surface area (Å²) in [6.45, 7) is 7.60. The van der Waals surface area contributed by atoms with Crippen LogP contribution in [-0.2, 0) is 17.6 Å². The summed E-state index contributed by atoms with van der Waals surface area (Å²) in [4.78, 5) is 12.2. The van der Waals surface area contributed by atoms with Gasteiger partial charge in [-0.05, 0) is 12.8 Å². The smallest absolute Gasteiger partial charge is 0.310 e. The molecule has 0 aliphatic heterocycles. The zero-order chi connectivity index (χ0) is 14.2. The average Bonchev–Trinajstić information content (AvgIpc) is 2.87. The summed E-state index contributed by atoms with van der Waals surface area (Å²) in [5.41, 5.74) is -0.810. The van der Waals surface area contributed by atoms with Crippen molar-refractivity contribution in [1.29, 1.82) is 0 Å². The van der Waals surface area contributed by atoms with Gasteiger partial charge in [0.05, 0.1) is 5.41 Å². The fraction of sp³-hybridized carbons (Fsp3) is 0.667. The largest absolute Gasteiger partial charge is 0.481 e. The summed E-state index contributed by atoms with van der Waals surface area (Å²) in [5, 5.41) is 22.7. The molecule has 19 heavy (non-hydrogen) atoms. The third-order valence-electron chi connectivity index (χ3n) is 3.69. The quantitative estimate of drug-likeness (QED) is 0.907. The highest BCUT2D eigenvalue weighted by Crippen LogP contribution is 2.33. The normalized spacial score (nSPS) is 15.0. The Morgan fingerprint density at radius 2 is 2.16 bits per heavy atom. The van der Waals surface area contributed by atoms with Crippen LogP contribution >= 0.6 is 11.3 Å². The van der Waals surface area contributed by atoms with E-state index in [1.807, 2.05) is 20.8 Å². The Bertz CT molecular complexity index is 604. The predicted octanol–water partition coefficient (Wildman–Crippen LogP) is 2.04. The van der Waals surface area contributed by atoms with Crippen LogP contribution in [0, 0.1) is 11.3 Å². The van der Waals surface area contributed by atoms with Crippen molar-refractivity contribution in [2.75, 3.05) is 0 Å². The molecule has 0 saturated carbocycles. The number of aromatic nitrogens is 4. The lowest BCUT2D eigenvalue weighted by Crippen LogP contribution is -2.35. The molecule has 2 aromatic heterocycles. The molecule has 0 aromatic carbocycles. The zero-order valence-corrected chi connectivity index (χ0v) is 12.4. The van der Waals surface area contributed by atoms with E-state index in [-0.39, 0.29) is 5.92 Å². The molecule has 0 saturated heterocycles. The second-order valence-corrected chi connectivity index (χ2v) is 6.25. The first kappa shape index (κ1) is 13.9. The van der Waals surface area contributed by atoms with Crippen LogP contribution in [0.15, 0.2) is 0 Å². The Hall–Kier alpha value is -1.50. The molecular weight excluding hydrogens is 264 g/mol. The Kier molecular flexibility index (Phi) is 3.58. The number of aryl methyl sites for hydroxylation is 1. The Labute approximate surface area is 115 Å². The fourth-order valence-electron chi connectivity index (χ4n) is 1.83. The number of aliphatic carboxylic acids is 1.